The van der Waals surface area contributed by atoms with E-state index in [1.807, 2.05) is 24.3 Å². The lowest BCUT2D eigenvalue weighted by atomic mass is 9.97. The Hall–Kier alpha value is -2.81. The number of nitrogens with one attached hydrogen (secondary N) is 2. The van der Waals surface area contributed by atoms with Gasteiger partial charge in [0.2, 0.25) is 11.5 Å². The van der Waals surface area contributed by atoms with Crippen molar-refractivity contribution in [3.05, 3.63) is 54.2 Å². The van der Waals surface area contributed by atoms with Gasteiger partial charge in [0.05, 0.1) is 6.42 Å². The van der Waals surface area contributed by atoms with Crippen molar-refractivity contribution < 1.29 is 23.1 Å². The monoisotopic (exact) mass is 380 g/mol. The van der Waals surface area contributed by atoms with Crippen LogP contribution in [0.25, 0.3) is 10.9 Å². The van der Waals surface area contributed by atoms with E-state index in [1.54, 1.807) is 6.20 Å². The molecule has 9 heteroatoms. The van der Waals surface area contributed by atoms with E-state index in [0.717, 1.165) is 21.0 Å². The summed E-state index contributed by atoms with van der Waals surface area (Å²) >= 11 is 0. The first-order valence-electron chi connectivity index (χ1n) is 8.31. The van der Waals surface area contributed by atoms with E-state index in [2.05, 4.69) is 15.3 Å². The summed E-state index contributed by atoms with van der Waals surface area (Å²) in [5, 5.41) is 13.6. The minimum Gasteiger partial charge on any atom is -0.374 e. The molecule has 0 aliphatic carbocycles. The number of alkyl halides is 3. The highest BCUT2D eigenvalue weighted by Crippen LogP contribution is 2.40. The van der Waals surface area contributed by atoms with E-state index in [0.29, 0.717) is 0 Å². The summed E-state index contributed by atoms with van der Waals surface area (Å²) in [5.41, 5.74) is -1.51. The molecule has 0 saturated heterocycles. The van der Waals surface area contributed by atoms with Crippen LogP contribution in [0.1, 0.15) is 17.8 Å². The largest absolute Gasteiger partial charge is 0.424 e. The summed E-state index contributed by atoms with van der Waals surface area (Å²) in [7, 11) is 1.37. The Kier molecular flexibility index (Phi) is 4.97. The highest BCUT2D eigenvalue weighted by Gasteiger charge is 2.57. The maximum absolute atomic E-state index is 13.4. The highest BCUT2D eigenvalue weighted by atomic mass is 19.4. The average molecular weight is 380 g/mol. The van der Waals surface area contributed by atoms with E-state index >= 15 is 0 Å². The number of aryl methyl sites for hydroxylation is 1. The Bertz CT molecular complexity index is 947. The van der Waals surface area contributed by atoms with Crippen molar-refractivity contribution in [3.63, 3.8) is 0 Å². The number of nitrogens with zero attached hydrogens (tertiary/aromatic N) is 2. The van der Waals surface area contributed by atoms with Gasteiger partial charge in [-0.25, -0.2) is 4.98 Å². The van der Waals surface area contributed by atoms with Crippen LogP contribution in [0.3, 0.4) is 0 Å². The van der Waals surface area contributed by atoms with Crippen molar-refractivity contribution in [2.75, 3.05) is 6.54 Å². The number of amides is 1. The predicted octanol–water partition coefficient (Wildman–Crippen LogP) is 2.40. The average Bonchev–Trinajstić information content (AvgIpc) is 3.21. The van der Waals surface area contributed by atoms with E-state index in [4.69, 9.17) is 0 Å². The second-order valence-corrected chi connectivity index (χ2v) is 6.36. The summed E-state index contributed by atoms with van der Waals surface area (Å²) in [6.07, 6.45) is -1.43. The molecule has 0 spiro atoms. The molecule has 0 saturated carbocycles. The molecule has 6 nitrogen and oxygen atoms in total. The first-order chi connectivity index (χ1) is 12.7. The molecule has 144 valence electrons. The molecule has 3 aromatic rings. The van der Waals surface area contributed by atoms with E-state index < -0.39 is 29.9 Å². The van der Waals surface area contributed by atoms with Crippen molar-refractivity contribution in [1.82, 2.24) is 19.9 Å². The Morgan fingerprint density at radius 2 is 2.07 bits per heavy atom. The van der Waals surface area contributed by atoms with Gasteiger partial charge in [-0.15, -0.1) is 0 Å². The molecule has 0 bridgehead atoms. The molecule has 1 unspecified atom stereocenters. The van der Waals surface area contributed by atoms with Gasteiger partial charge in [-0.2, -0.15) is 13.2 Å². The van der Waals surface area contributed by atoms with Crippen LogP contribution in [0, 0.1) is 0 Å². The van der Waals surface area contributed by atoms with Crippen molar-refractivity contribution in [3.8, 4) is 0 Å². The standard InChI is InChI=1S/C18H19F3N4O2/c1-25-9-8-23-16(25)17(27,18(19,20)21)6-7-22-15(26)10-12-11-24-14-5-3-2-4-13(12)14/h2-5,8-9,11,24,27H,6-7,10H2,1H3,(H,22,26). The number of rotatable bonds is 6. The second-order valence-electron chi connectivity index (χ2n) is 6.36. The third-order valence-corrected chi connectivity index (χ3v) is 4.49. The quantitative estimate of drug-likeness (QED) is 0.614. The van der Waals surface area contributed by atoms with Crippen molar-refractivity contribution in [2.24, 2.45) is 7.05 Å². The lowest BCUT2D eigenvalue weighted by molar-refractivity contribution is -0.272. The van der Waals surface area contributed by atoms with Crippen LogP contribution in [0.2, 0.25) is 0 Å². The summed E-state index contributed by atoms with van der Waals surface area (Å²) in [5.74, 6) is -0.940. The summed E-state index contributed by atoms with van der Waals surface area (Å²) < 4.78 is 41.4. The van der Waals surface area contributed by atoms with Gasteiger partial charge in [0.25, 0.3) is 0 Å². The maximum atomic E-state index is 13.4. The van der Waals surface area contributed by atoms with Crippen LogP contribution in [-0.4, -0.2) is 38.3 Å². The Morgan fingerprint density at radius 3 is 2.74 bits per heavy atom. The van der Waals surface area contributed by atoms with Gasteiger partial charge < -0.3 is 20.0 Å². The Labute approximate surface area is 153 Å². The van der Waals surface area contributed by atoms with Crippen LogP contribution >= 0.6 is 0 Å². The molecule has 3 N–H and O–H groups in total. The normalized spacial score (nSPS) is 14.3. The number of carbonyl (C=O) groups is 1. The van der Waals surface area contributed by atoms with Crippen LogP contribution in [0.4, 0.5) is 13.2 Å². The third-order valence-electron chi connectivity index (χ3n) is 4.49. The number of imidazole rings is 1. The third kappa shape index (κ3) is 3.68. The molecule has 1 aromatic carbocycles. The number of fused-ring (bicyclic) bond motifs is 1. The second kappa shape index (κ2) is 7.07. The lowest BCUT2D eigenvalue weighted by Crippen LogP contribution is -2.46. The molecule has 3 rings (SSSR count). The van der Waals surface area contributed by atoms with E-state index in [-0.39, 0.29) is 13.0 Å². The van der Waals surface area contributed by atoms with Crippen LogP contribution in [0.15, 0.2) is 42.9 Å². The molecule has 0 fully saturated rings. The van der Waals surface area contributed by atoms with Crippen molar-refractivity contribution in [2.45, 2.75) is 24.6 Å². The van der Waals surface area contributed by atoms with Gasteiger partial charge in [-0.1, -0.05) is 18.2 Å². The lowest BCUT2D eigenvalue weighted by Gasteiger charge is -2.29. The van der Waals surface area contributed by atoms with Crippen LogP contribution in [0.5, 0.6) is 0 Å². The number of aromatic nitrogens is 3. The zero-order chi connectivity index (χ0) is 19.7. The van der Waals surface area contributed by atoms with Gasteiger partial charge in [0.1, 0.15) is 5.82 Å². The van der Waals surface area contributed by atoms with Gasteiger partial charge in [-0.05, 0) is 11.6 Å². The molecule has 2 aromatic heterocycles. The first-order valence-corrected chi connectivity index (χ1v) is 8.31. The van der Waals surface area contributed by atoms with Crippen LogP contribution in [-0.2, 0) is 23.9 Å². The Morgan fingerprint density at radius 1 is 1.33 bits per heavy atom. The minimum absolute atomic E-state index is 0.0247. The van der Waals surface area contributed by atoms with Gasteiger partial charge >= 0.3 is 6.18 Å². The number of hydrogen-bond acceptors (Lipinski definition) is 3. The Balaban J connectivity index is 1.65. The predicted molar refractivity (Wildman–Crippen MR) is 92.8 cm³/mol. The molecular weight excluding hydrogens is 361 g/mol. The topological polar surface area (TPSA) is 82.9 Å². The molecule has 1 amide bonds. The number of carbonyl (C=O) groups excluding carboxylic acids is 1. The number of aliphatic hydroxyl groups is 1. The zero-order valence-electron chi connectivity index (χ0n) is 14.5. The zero-order valence-corrected chi connectivity index (χ0v) is 14.5. The number of halogens is 3. The smallest absolute Gasteiger partial charge is 0.374 e. The van der Waals surface area contributed by atoms with Gasteiger partial charge in [0, 0.05) is 49.5 Å². The molecule has 0 radical (unpaired) electrons. The van der Waals surface area contributed by atoms with Gasteiger partial charge in [-0.3, -0.25) is 4.79 Å². The van der Waals surface area contributed by atoms with Gasteiger partial charge in [0.15, 0.2) is 0 Å². The summed E-state index contributed by atoms with van der Waals surface area (Å²) in [4.78, 5) is 18.8. The maximum Gasteiger partial charge on any atom is 0.424 e. The molecular formula is C18H19F3N4O2. The van der Waals surface area contributed by atoms with E-state index in [9.17, 15) is 23.1 Å². The fraction of sp³-hybridized carbons (Fsp3) is 0.333. The van der Waals surface area contributed by atoms with Crippen molar-refractivity contribution >= 4 is 16.8 Å². The molecule has 2 heterocycles. The number of H-pyrrole nitrogens is 1. The summed E-state index contributed by atoms with van der Waals surface area (Å²) in [6, 6.07) is 7.43. The SMILES string of the molecule is Cn1ccnc1C(O)(CCNC(=O)Cc1c[nH]c2ccccc12)C(F)(F)F. The first kappa shape index (κ1) is 19.0. The number of hydrogen-bond donors (Lipinski definition) is 3. The minimum atomic E-state index is -4.92. The highest BCUT2D eigenvalue weighted by molar-refractivity contribution is 5.88. The number of benzene rings is 1. The van der Waals surface area contributed by atoms with Crippen LogP contribution < -0.4 is 5.32 Å². The molecule has 0 aliphatic rings. The molecule has 0 aliphatic heterocycles. The molecule has 27 heavy (non-hydrogen) atoms. The number of aromatic amines is 1. The summed E-state index contributed by atoms with van der Waals surface area (Å²) in [6.45, 7) is -0.343. The van der Waals surface area contributed by atoms with E-state index in [1.165, 1.54) is 19.4 Å². The molecule has 1 atom stereocenters. The fourth-order valence-corrected chi connectivity index (χ4v) is 3.04. The number of para-hydroxylation sites is 1. The fourth-order valence-electron chi connectivity index (χ4n) is 3.04. The van der Waals surface area contributed by atoms with Crippen molar-refractivity contribution in [1.29, 1.82) is 0 Å².